The standard InChI is InChI=1S/C18H17F3N2/c1-17(2,3)23-15(11-16(22-23)18(19,20)21)14-9-8-12-6-4-5-7-13(12)10-14/h4-11H,1-3H3. The zero-order valence-electron chi connectivity index (χ0n) is 13.1. The fourth-order valence-electron chi connectivity index (χ4n) is 2.59. The Bertz CT molecular complexity index is 855. The van der Waals surface area contributed by atoms with Gasteiger partial charge in [0.1, 0.15) is 0 Å². The molecule has 0 aliphatic carbocycles. The van der Waals surface area contributed by atoms with Gasteiger partial charge in [0.05, 0.1) is 11.2 Å². The Labute approximate surface area is 132 Å². The lowest BCUT2D eigenvalue weighted by atomic mass is 10.0. The van der Waals surface area contributed by atoms with E-state index in [1.807, 2.05) is 63.2 Å². The van der Waals surface area contributed by atoms with E-state index in [-0.39, 0.29) is 0 Å². The number of rotatable bonds is 1. The van der Waals surface area contributed by atoms with E-state index in [4.69, 9.17) is 0 Å². The average Bonchev–Trinajstić information content (AvgIpc) is 2.92. The molecule has 0 aliphatic heterocycles. The number of fused-ring (bicyclic) bond motifs is 1. The van der Waals surface area contributed by atoms with E-state index in [0.29, 0.717) is 5.69 Å². The summed E-state index contributed by atoms with van der Waals surface area (Å²) in [6, 6.07) is 14.5. The fraction of sp³-hybridized carbons (Fsp3) is 0.278. The number of benzene rings is 2. The Hall–Kier alpha value is -2.30. The highest BCUT2D eigenvalue weighted by atomic mass is 19.4. The van der Waals surface area contributed by atoms with Crippen LogP contribution >= 0.6 is 0 Å². The van der Waals surface area contributed by atoms with Gasteiger partial charge in [0.2, 0.25) is 0 Å². The fourth-order valence-corrected chi connectivity index (χ4v) is 2.59. The molecule has 1 aromatic heterocycles. The van der Waals surface area contributed by atoms with Crippen molar-refractivity contribution in [2.24, 2.45) is 0 Å². The molecule has 2 nitrogen and oxygen atoms in total. The third-order valence-corrected chi connectivity index (χ3v) is 3.68. The van der Waals surface area contributed by atoms with Crippen LogP contribution in [0.2, 0.25) is 0 Å². The van der Waals surface area contributed by atoms with Crippen LogP contribution in [0.1, 0.15) is 26.5 Å². The van der Waals surface area contributed by atoms with Crippen LogP contribution in [0.3, 0.4) is 0 Å². The van der Waals surface area contributed by atoms with Gasteiger partial charge >= 0.3 is 6.18 Å². The number of hydrogen-bond acceptors (Lipinski definition) is 1. The number of nitrogens with zero attached hydrogens (tertiary/aromatic N) is 2. The first-order valence-electron chi connectivity index (χ1n) is 7.33. The van der Waals surface area contributed by atoms with Crippen LogP contribution in [-0.4, -0.2) is 9.78 Å². The maximum Gasteiger partial charge on any atom is 0.435 e. The summed E-state index contributed by atoms with van der Waals surface area (Å²) in [7, 11) is 0. The van der Waals surface area contributed by atoms with Crippen molar-refractivity contribution in [3.63, 3.8) is 0 Å². The van der Waals surface area contributed by atoms with E-state index < -0.39 is 17.4 Å². The molecule has 0 saturated heterocycles. The molecule has 0 unspecified atom stereocenters. The second-order valence-electron chi connectivity index (χ2n) is 6.56. The van der Waals surface area contributed by atoms with E-state index in [9.17, 15) is 13.2 Å². The number of hydrogen-bond donors (Lipinski definition) is 0. The molecule has 0 fully saturated rings. The number of aromatic nitrogens is 2. The Balaban J connectivity index is 2.22. The summed E-state index contributed by atoms with van der Waals surface area (Å²) < 4.78 is 40.6. The van der Waals surface area contributed by atoms with Crippen LogP contribution in [0.15, 0.2) is 48.5 Å². The smallest absolute Gasteiger partial charge is 0.259 e. The Morgan fingerprint density at radius 2 is 1.52 bits per heavy atom. The monoisotopic (exact) mass is 318 g/mol. The molecule has 1 heterocycles. The zero-order chi connectivity index (χ0) is 16.8. The van der Waals surface area contributed by atoms with Crippen molar-refractivity contribution >= 4 is 10.8 Å². The van der Waals surface area contributed by atoms with Gasteiger partial charge in [0.25, 0.3) is 0 Å². The van der Waals surface area contributed by atoms with Crippen molar-refractivity contribution in [2.75, 3.05) is 0 Å². The molecular formula is C18H17F3N2. The van der Waals surface area contributed by atoms with Gasteiger partial charge < -0.3 is 0 Å². The minimum atomic E-state index is -4.46. The normalized spacial score (nSPS) is 12.8. The molecule has 0 amide bonds. The summed E-state index contributed by atoms with van der Waals surface area (Å²) in [5.41, 5.74) is -0.224. The van der Waals surface area contributed by atoms with E-state index >= 15 is 0 Å². The minimum Gasteiger partial charge on any atom is -0.259 e. The third kappa shape index (κ3) is 2.96. The number of alkyl halides is 3. The van der Waals surface area contributed by atoms with Crippen molar-refractivity contribution in [1.82, 2.24) is 9.78 Å². The van der Waals surface area contributed by atoms with Gasteiger partial charge in [-0.2, -0.15) is 18.3 Å². The molecule has 2 aromatic carbocycles. The van der Waals surface area contributed by atoms with Gasteiger partial charge in [-0.3, -0.25) is 4.68 Å². The van der Waals surface area contributed by atoms with E-state index in [2.05, 4.69) is 5.10 Å². The van der Waals surface area contributed by atoms with E-state index in [1.54, 1.807) is 0 Å². The summed E-state index contributed by atoms with van der Waals surface area (Å²) >= 11 is 0. The molecule has 23 heavy (non-hydrogen) atoms. The molecule has 120 valence electrons. The second-order valence-corrected chi connectivity index (χ2v) is 6.56. The average molecular weight is 318 g/mol. The lowest BCUT2D eigenvalue weighted by molar-refractivity contribution is -0.141. The van der Waals surface area contributed by atoms with Gasteiger partial charge in [-0.1, -0.05) is 36.4 Å². The highest BCUT2D eigenvalue weighted by Crippen LogP contribution is 2.35. The summed E-state index contributed by atoms with van der Waals surface area (Å²) in [6.07, 6.45) is -4.46. The van der Waals surface area contributed by atoms with Crippen molar-refractivity contribution in [3.05, 3.63) is 54.2 Å². The molecule has 3 rings (SSSR count). The van der Waals surface area contributed by atoms with Crippen molar-refractivity contribution in [3.8, 4) is 11.3 Å². The predicted octanol–water partition coefficient (Wildman–Crippen LogP) is 5.48. The number of halogens is 3. The quantitative estimate of drug-likeness (QED) is 0.581. The van der Waals surface area contributed by atoms with Gasteiger partial charge in [-0.15, -0.1) is 0 Å². The molecule has 0 atom stereocenters. The van der Waals surface area contributed by atoms with Gasteiger partial charge in [0.15, 0.2) is 5.69 Å². The van der Waals surface area contributed by atoms with Crippen LogP contribution in [0.25, 0.3) is 22.0 Å². The van der Waals surface area contributed by atoms with Crippen molar-refractivity contribution in [2.45, 2.75) is 32.5 Å². The summed E-state index contributed by atoms with van der Waals surface area (Å²) in [6.45, 7) is 5.51. The van der Waals surface area contributed by atoms with Crippen molar-refractivity contribution in [1.29, 1.82) is 0 Å². The molecule has 0 spiro atoms. The van der Waals surface area contributed by atoms with E-state index in [1.165, 1.54) is 4.68 Å². The van der Waals surface area contributed by atoms with Crippen LogP contribution in [-0.2, 0) is 11.7 Å². The third-order valence-electron chi connectivity index (χ3n) is 3.68. The highest BCUT2D eigenvalue weighted by molar-refractivity contribution is 5.86. The zero-order valence-corrected chi connectivity index (χ0v) is 13.1. The maximum absolute atomic E-state index is 13.1. The molecule has 0 bridgehead atoms. The van der Waals surface area contributed by atoms with Crippen LogP contribution in [0.4, 0.5) is 13.2 Å². The SMILES string of the molecule is CC(C)(C)n1nc(C(F)(F)F)cc1-c1ccc2ccccc2c1. The summed E-state index contributed by atoms with van der Waals surface area (Å²) in [4.78, 5) is 0. The first-order valence-corrected chi connectivity index (χ1v) is 7.33. The topological polar surface area (TPSA) is 17.8 Å². The lowest BCUT2D eigenvalue weighted by Crippen LogP contribution is -2.24. The van der Waals surface area contributed by atoms with Gasteiger partial charge in [0, 0.05) is 5.56 Å². The van der Waals surface area contributed by atoms with Crippen LogP contribution in [0, 0.1) is 0 Å². The van der Waals surface area contributed by atoms with Crippen LogP contribution < -0.4 is 0 Å². The van der Waals surface area contributed by atoms with E-state index in [0.717, 1.165) is 22.4 Å². The van der Waals surface area contributed by atoms with Crippen molar-refractivity contribution < 1.29 is 13.2 Å². The van der Waals surface area contributed by atoms with Gasteiger partial charge in [-0.05, 0) is 43.7 Å². The Morgan fingerprint density at radius 3 is 2.13 bits per heavy atom. The highest BCUT2D eigenvalue weighted by Gasteiger charge is 2.36. The maximum atomic E-state index is 13.1. The molecule has 0 radical (unpaired) electrons. The molecule has 5 heteroatoms. The molecular weight excluding hydrogens is 301 g/mol. The molecule has 0 N–H and O–H groups in total. The second kappa shape index (κ2) is 5.11. The van der Waals surface area contributed by atoms with Crippen LogP contribution in [0.5, 0.6) is 0 Å². The summed E-state index contributed by atoms with van der Waals surface area (Å²) in [5.74, 6) is 0. The molecule has 0 saturated carbocycles. The largest absolute Gasteiger partial charge is 0.435 e. The first kappa shape index (κ1) is 15.6. The lowest BCUT2D eigenvalue weighted by Gasteiger charge is -2.22. The first-order chi connectivity index (χ1) is 10.7. The Morgan fingerprint density at radius 1 is 0.870 bits per heavy atom. The molecule has 3 aromatic rings. The molecule has 0 aliphatic rings. The Kier molecular flexibility index (Phi) is 3.47. The summed E-state index contributed by atoms with van der Waals surface area (Å²) in [5, 5.41) is 5.84. The minimum absolute atomic E-state index is 0.468. The van der Waals surface area contributed by atoms with Gasteiger partial charge in [-0.25, -0.2) is 0 Å². The predicted molar refractivity (Wildman–Crippen MR) is 85.2 cm³/mol.